The molecule has 1 saturated heterocycles. The fraction of sp³-hybridized carbons (Fsp3) is 0.632. The van der Waals surface area contributed by atoms with Crippen molar-refractivity contribution < 1.29 is 9.53 Å². The minimum Gasteiger partial charge on any atom is -0.444 e. The number of hydrogen-bond donors (Lipinski definition) is 3. The van der Waals surface area contributed by atoms with Gasteiger partial charge < -0.3 is 20.7 Å². The molecule has 140 valence electrons. The zero-order valence-corrected chi connectivity index (χ0v) is 16.1. The Hall–Kier alpha value is -1.95. The third-order valence-electron chi connectivity index (χ3n) is 4.60. The number of carbonyl (C=O) groups is 1. The topological polar surface area (TPSA) is 79.6 Å². The van der Waals surface area contributed by atoms with Crippen molar-refractivity contribution in [3.63, 3.8) is 0 Å². The van der Waals surface area contributed by atoms with Gasteiger partial charge in [0.15, 0.2) is 0 Å². The van der Waals surface area contributed by atoms with Gasteiger partial charge in [0, 0.05) is 12.2 Å². The van der Waals surface area contributed by atoms with E-state index in [1.54, 1.807) is 12.1 Å². The van der Waals surface area contributed by atoms with Gasteiger partial charge in [-0.1, -0.05) is 6.92 Å². The zero-order chi connectivity index (χ0) is 18.7. The summed E-state index contributed by atoms with van der Waals surface area (Å²) in [7, 11) is 2.16. The Morgan fingerprint density at radius 1 is 1.32 bits per heavy atom. The van der Waals surface area contributed by atoms with E-state index in [2.05, 4.69) is 29.5 Å². The van der Waals surface area contributed by atoms with E-state index >= 15 is 0 Å². The second kappa shape index (κ2) is 7.52. The molecule has 0 bridgehead atoms. The number of rotatable bonds is 4. The van der Waals surface area contributed by atoms with Crippen LogP contribution in [-0.4, -0.2) is 43.3 Å². The van der Waals surface area contributed by atoms with E-state index in [1.165, 1.54) is 0 Å². The van der Waals surface area contributed by atoms with E-state index in [4.69, 9.17) is 10.5 Å². The van der Waals surface area contributed by atoms with Crippen molar-refractivity contribution in [2.45, 2.75) is 46.1 Å². The van der Waals surface area contributed by atoms with Crippen LogP contribution in [0.25, 0.3) is 0 Å². The summed E-state index contributed by atoms with van der Waals surface area (Å²) in [5.41, 5.74) is 8.00. The van der Waals surface area contributed by atoms with Crippen LogP contribution in [0.3, 0.4) is 0 Å². The van der Waals surface area contributed by atoms with Crippen LogP contribution >= 0.6 is 0 Å². The summed E-state index contributed by atoms with van der Waals surface area (Å²) < 4.78 is 5.29. The summed E-state index contributed by atoms with van der Waals surface area (Å²) >= 11 is 0. The summed E-state index contributed by atoms with van der Waals surface area (Å²) in [6.45, 7) is 10.9. The van der Waals surface area contributed by atoms with E-state index < -0.39 is 11.7 Å². The number of nitrogen functional groups attached to an aromatic ring is 1. The van der Waals surface area contributed by atoms with Gasteiger partial charge in [0.25, 0.3) is 0 Å². The molecule has 0 radical (unpaired) electrons. The number of amides is 1. The van der Waals surface area contributed by atoms with Crippen molar-refractivity contribution in [3.05, 3.63) is 18.2 Å². The van der Waals surface area contributed by atoms with Crippen LogP contribution in [0.2, 0.25) is 0 Å². The molecule has 0 saturated carbocycles. The molecule has 25 heavy (non-hydrogen) atoms. The molecule has 6 nitrogen and oxygen atoms in total. The number of piperidine rings is 1. The van der Waals surface area contributed by atoms with E-state index in [-0.39, 0.29) is 5.41 Å². The molecule has 0 aliphatic carbocycles. The molecule has 0 spiro atoms. The van der Waals surface area contributed by atoms with E-state index in [0.29, 0.717) is 11.4 Å². The Balaban J connectivity index is 1.98. The van der Waals surface area contributed by atoms with Gasteiger partial charge in [-0.25, -0.2) is 4.79 Å². The van der Waals surface area contributed by atoms with Gasteiger partial charge in [-0.2, -0.15) is 0 Å². The third-order valence-corrected chi connectivity index (χ3v) is 4.60. The first-order chi connectivity index (χ1) is 11.6. The van der Waals surface area contributed by atoms with Crippen LogP contribution in [0.4, 0.5) is 21.9 Å². The second-order valence-electron chi connectivity index (χ2n) is 8.40. The smallest absolute Gasteiger partial charge is 0.412 e. The van der Waals surface area contributed by atoms with E-state index in [9.17, 15) is 4.79 Å². The highest BCUT2D eigenvalue weighted by molar-refractivity contribution is 5.87. The first kappa shape index (κ1) is 19.4. The molecule has 4 N–H and O–H groups in total. The van der Waals surface area contributed by atoms with Gasteiger partial charge >= 0.3 is 6.09 Å². The quantitative estimate of drug-likeness (QED) is 0.722. The second-order valence-corrected chi connectivity index (χ2v) is 8.40. The number of nitrogens with one attached hydrogen (secondary N) is 2. The minimum atomic E-state index is -0.526. The molecule has 0 unspecified atom stereocenters. The van der Waals surface area contributed by atoms with E-state index in [0.717, 1.165) is 38.2 Å². The van der Waals surface area contributed by atoms with Crippen LogP contribution in [0.5, 0.6) is 0 Å². The van der Waals surface area contributed by atoms with Crippen molar-refractivity contribution in [2.24, 2.45) is 5.41 Å². The van der Waals surface area contributed by atoms with Crippen LogP contribution in [0.15, 0.2) is 18.2 Å². The SMILES string of the molecule is CN1CCC(C)(CNc2cc(NC(=O)OC(C)(C)C)ccc2N)CC1. The number of ether oxygens (including phenoxy) is 1. The number of hydrogen-bond acceptors (Lipinski definition) is 5. The van der Waals surface area contributed by atoms with Crippen molar-refractivity contribution in [1.82, 2.24) is 4.90 Å². The largest absolute Gasteiger partial charge is 0.444 e. The minimum absolute atomic E-state index is 0.257. The molecule has 1 heterocycles. The first-order valence-electron chi connectivity index (χ1n) is 8.88. The number of nitrogens with zero attached hydrogens (tertiary/aromatic N) is 1. The predicted octanol–water partition coefficient (Wildman–Crippen LogP) is 3.76. The van der Waals surface area contributed by atoms with Crippen LogP contribution in [-0.2, 0) is 4.74 Å². The lowest BCUT2D eigenvalue weighted by molar-refractivity contribution is 0.0636. The number of nitrogens with two attached hydrogens (primary N) is 1. The van der Waals surface area contributed by atoms with Crippen molar-refractivity contribution in [2.75, 3.05) is 43.0 Å². The number of anilines is 3. The molecule has 6 heteroatoms. The lowest BCUT2D eigenvalue weighted by Gasteiger charge is -2.38. The Morgan fingerprint density at radius 2 is 1.96 bits per heavy atom. The Morgan fingerprint density at radius 3 is 2.56 bits per heavy atom. The fourth-order valence-corrected chi connectivity index (χ4v) is 2.85. The molecule has 1 aromatic carbocycles. The molecule has 1 aromatic rings. The molecular weight excluding hydrogens is 316 g/mol. The van der Waals surface area contributed by atoms with Gasteiger partial charge in [-0.05, 0) is 77.4 Å². The molecule has 1 aliphatic rings. The first-order valence-corrected chi connectivity index (χ1v) is 8.88. The standard InChI is InChI=1S/C19H32N4O2/c1-18(2,3)25-17(24)22-14-6-7-15(20)16(12-14)21-13-19(4)8-10-23(5)11-9-19/h6-7,12,21H,8-11,13,20H2,1-5H3,(H,22,24). The fourth-order valence-electron chi connectivity index (χ4n) is 2.85. The van der Waals surface area contributed by atoms with Crippen molar-refractivity contribution in [3.8, 4) is 0 Å². The lowest BCUT2D eigenvalue weighted by atomic mass is 9.80. The van der Waals surface area contributed by atoms with E-state index in [1.807, 2.05) is 26.8 Å². The monoisotopic (exact) mass is 348 g/mol. The Kier molecular flexibility index (Phi) is 5.83. The zero-order valence-electron chi connectivity index (χ0n) is 16.1. The molecule has 2 rings (SSSR count). The molecule has 1 fully saturated rings. The predicted molar refractivity (Wildman–Crippen MR) is 104 cm³/mol. The average molecular weight is 348 g/mol. The molecule has 1 amide bonds. The van der Waals surface area contributed by atoms with Crippen LogP contribution in [0.1, 0.15) is 40.5 Å². The highest BCUT2D eigenvalue weighted by atomic mass is 16.6. The number of benzene rings is 1. The Labute approximate surface area is 151 Å². The lowest BCUT2D eigenvalue weighted by Crippen LogP contribution is -2.40. The summed E-state index contributed by atoms with van der Waals surface area (Å²) in [6.07, 6.45) is 1.85. The van der Waals surface area contributed by atoms with Gasteiger partial charge in [-0.15, -0.1) is 0 Å². The molecule has 1 aliphatic heterocycles. The summed E-state index contributed by atoms with van der Waals surface area (Å²) in [5.74, 6) is 0. The van der Waals surface area contributed by atoms with Gasteiger partial charge in [0.2, 0.25) is 0 Å². The molecule has 0 aromatic heterocycles. The van der Waals surface area contributed by atoms with Crippen molar-refractivity contribution in [1.29, 1.82) is 0 Å². The summed E-state index contributed by atoms with van der Waals surface area (Å²) in [4.78, 5) is 14.3. The average Bonchev–Trinajstić information content (AvgIpc) is 2.49. The molecular formula is C19H32N4O2. The maximum absolute atomic E-state index is 11.9. The van der Waals surface area contributed by atoms with Gasteiger partial charge in [-0.3, -0.25) is 5.32 Å². The normalized spacial score (nSPS) is 17.8. The van der Waals surface area contributed by atoms with Gasteiger partial charge in [0.1, 0.15) is 5.60 Å². The summed E-state index contributed by atoms with van der Waals surface area (Å²) in [5, 5.41) is 6.22. The Bertz CT molecular complexity index is 602. The summed E-state index contributed by atoms with van der Waals surface area (Å²) in [6, 6.07) is 5.44. The number of carbonyl (C=O) groups excluding carboxylic acids is 1. The number of likely N-dealkylation sites (tertiary alicyclic amines) is 1. The molecule has 0 atom stereocenters. The highest BCUT2D eigenvalue weighted by Crippen LogP contribution is 2.32. The maximum atomic E-state index is 11.9. The van der Waals surface area contributed by atoms with Crippen molar-refractivity contribution >= 4 is 23.2 Å². The highest BCUT2D eigenvalue weighted by Gasteiger charge is 2.28. The van der Waals surface area contributed by atoms with Crippen LogP contribution < -0.4 is 16.4 Å². The maximum Gasteiger partial charge on any atom is 0.412 e. The van der Waals surface area contributed by atoms with Gasteiger partial charge in [0.05, 0.1) is 11.4 Å². The van der Waals surface area contributed by atoms with Crippen LogP contribution in [0, 0.1) is 5.41 Å². The third kappa shape index (κ3) is 6.12.